The van der Waals surface area contributed by atoms with Gasteiger partial charge in [0, 0.05) is 32.2 Å². The molecule has 88 valence electrons. The van der Waals surface area contributed by atoms with E-state index in [1.807, 2.05) is 6.92 Å². The molecular weight excluding hydrogens is 188 g/mol. The van der Waals surface area contributed by atoms with Gasteiger partial charge in [-0.15, -0.1) is 0 Å². The van der Waals surface area contributed by atoms with Gasteiger partial charge in [-0.25, -0.2) is 0 Å². The lowest BCUT2D eigenvalue weighted by molar-refractivity contribution is 0.117. The second kappa shape index (κ2) is 5.28. The maximum atomic E-state index is 9.18. The Bertz CT molecular complexity index is 181. The molecule has 1 unspecified atom stereocenters. The maximum Gasteiger partial charge on any atom is 0.0512 e. The van der Waals surface area contributed by atoms with E-state index in [0.717, 1.165) is 18.9 Å². The maximum absolute atomic E-state index is 9.18. The molecule has 0 bridgehead atoms. The van der Waals surface area contributed by atoms with Crippen LogP contribution in [0.1, 0.15) is 32.6 Å². The molecule has 0 radical (unpaired) electrons. The highest BCUT2D eigenvalue weighted by Crippen LogP contribution is 2.27. The zero-order valence-corrected chi connectivity index (χ0v) is 9.86. The molecule has 0 spiro atoms. The molecule has 1 heterocycles. The first-order valence-electron chi connectivity index (χ1n) is 6.40. The van der Waals surface area contributed by atoms with Crippen LogP contribution in [0.2, 0.25) is 0 Å². The Morgan fingerprint density at radius 3 is 2.40 bits per heavy atom. The molecule has 1 N–H and O–H groups in total. The van der Waals surface area contributed by atoms with Crippen LogP contribution >= 0.6 is 0 Å². The standard InChI is InChI=1S/C12H24N2O/c1-11(15)3-2-6-13-7-9-14(10-8-13)12-4-5-12/h11-12,15H,2-10H2,1H3. The summed E-state index contributed by atoms with van der Waals surface area (Å²) in [5.74, 6) is 0. The first-order valence-corrected chi connectivity index (χ1v) is 6.40. The van der Waals surface area contributed by atoms with E-state index in [9.17, 15) is 5.11 Å². The number of rotatable bonds is 5. The van der Waals surface area contributed by atoms with Crippen molar-refractivity contribution in [2.45, 2.75) is 44.8 Å². The summed E-state index contributed by atoms with van der Waals surface area (Å²) in [6.07, 6.45) is 4.83. The Labute approximate surface area is 93.1 Å². The van der Waals surface area contributed by atoms with E-state index in [2.05, 4.69) is 9.80 Å². The van der Waals surface area contributed by atoms with Crippen LogP contribution in [-0.2, 0) is 0 Å². The summed E-state index contributed by atoms with van der Waals surface area (Å²) < 4.78 is 0. The van der Waals surface area contributed by atoms with Gasteiger partial charge in [-0.05, 0) is 39.2 Å². The predicted molar refractivity (Wildman–Crippen MR) is 61.9 cm³/mol. The average molecular weight is 212 g/mol. The lowest BCUT2D eigenvalue weighted by Crippen LogP contribution is -2.47. The Morgan fingerprint density at radius 2 is 1.87 bits per heavy atom. The Morgan fingerprint density at radius 1 is 1.20 bits per heavy atom. The van der Waals surface area contributed by atoms with Crippen LogP contribution in [0, 0.1) is 0 Å². The summed E-state index contributed by atoms with van der Waals surface area (Å²) >= 11 is 0. The molecule has 2 fully saturated rings. The van der Waals surface area contributed by atoms with Crippen LogP contribution in [0.5, 0.6) is 0 Å². The number of aliphatic hydroxyl groups excluding tert-OH is 1. The average Bonchev–Trinajstić information content (AvgIpc) is 3.02. The smallest absolute Gasteiger partial charge is 0.0512 e. The fourth-order valence-corrected chi connectivity index (χ4v) is 2.40. The van der Waals surface area contributed by atoms with E-state index >= 15 is 0 Å². The Kier molecular flexibility index (Phi) is 4.00. The molecule has 0 aromatic heterocycles. The monoisotopic (exact) mass is 212 g/mol. The predicted octanol–water partition coefficient (Wildman–Crippen LogP) is 0.927. The van der Waals surface area contributed by atoms with Crippen molar-refractivity contribution in [3.05, 3.63) is 0 Å². The summed E-state index contributed by atoms with van der Waals surface area (Å²) in [5.41, 5.74) is 0. The molecule has 1 saturated heterocycles. The third-order valence-electron chi connectivity index (χ3n) is 3.57. The molecule has 0 aromatic carbocycles. The van der Waals surface area contributed by atoms with Crippen LogP contribution in [0.15, 0.2) is 0 Å². The molecule has 2 rings (SSSR count). The third-order valence-corrected chi connectivity index (χ3v) is 3.57. The van der Waals surface area contributed by atoms with E-state index in [0.29, 0.717) is 0 Å². The topological polar surface area (TPSA) is 26.7 Å². The molecule has 2 aliphatic rings. The normalized spacial score (nSPS) is 26.8. The van der Waals surface area contributed by atoms with E-state index in [1.165, 1.54) is 45.6 Å². The number of aliphatic hydroxyl groups is 1. The SMILES string of the molecule is CC(O)CCCN1CCN(C2CC2)CC1. The Hall–Kier alpha value is -0.120. The van der Waals surface area contributed by atoms with Crippen LogP contribution in [0.4, 0.5) is 0 Å². The van der Waals surface area contributed by atoms with Gasteiger partial charge in [0.05, 0.1) is 6.10 Å². The van der Waals surface area contributed by atoms with Crippen molar-refractivity contribution in [3.63, 3.8) is 0 Å². The summed E-state index contributed by atoms with van der Waals surface area (Å²) in [4.78, 5) is 5.19. The lowest BCUT2D eigenvalue weighted by atomic mass is 10.2. The van der Waals surface area contributed by atoms with Gasteiger partial charge in [-0.1, -0.05) is 0 Å². The molecule has 3 nitrogen and oxygen atoms in total. The lowest BCUT2D eigenvalue weighted by Gasteiger charge is -2.34. The van der Waals surface area contributed by atoms with E-state index in [-0.39, 0.29) is 6.10 Å². The summed E-state index contributed by atoms with van der Waals surface area (Å²) in [6.45, 7) is 8.04. The van der Waals surface area contributed by atoms with Crippen LogP contribution in [0.25, 0.3) is 0 Å². The molecule has 1 aliphatic heterocycles. The van der Waals surface area contributed by atoms with Gasteiger partial charge < -0.3 is 10.0 Å². The highest BCUT2D eigenvalue weighted by molar-refractivity contribution is 4.87. The van der Waals surface area contributed by atoms with Gasteiger partial charge in [0.2, 0.25) is 0 Å². The van der Waals surface area contributed by atoms with Crippen molar-refractivity contribution in [2.24, 2.45) is 0 Å². The first-order chi connectivity index (χ1) is 7.25. The second-order valence-corrected chi connectivity index (χ2v) is 5.10. The number of hydrogen-bond donors (Lipinski definition) is 1. The fraction of sp³-hybridized carbons (Fsp3) is 1.00. The molecule has 0 aromatic rings. The van der Waals surface area contributed by atoms with Crippen LogP contribution in [-0.4, -0.2) is 59.8 Å². The summed E-state index contributed by atoms with van der Waals surface area (Å²) in [6, 6.07) is 0.935. The zero-order valence-electron chi connectivity index (χ0n) is 9.86. The molecule has 3 heteroatoms. The minimum absolute atomic E-state index is 0.127. The van der Waals surface area contributed by atoms with E-state index in [1.54, 1.807) is 0 Å². The van der Waals surface area contributed by atoms with Crippen molar-refractivity contribution in [2.75, 3.05) is 32.7 Å². The number of hydrogen-bond acceptors (Lipinski definition) is 3. The minimum Gasteiger partial charge on any atom is -0.393 e. The van der Waals surface area contributed by atoms with Crippen molar-refractivity contribution in [1.82, 2.24) is 9.80 Å². The zero-order chi connectivity index (χ0) is 10.7. The third kappa shape index (κ3) is 3.74. The minimum atomic E-state index is -0.127. The number of nitrogens with zero attached hydrogens (tertiary/aromatic N) is 2. The van der Waals surface area contributed by atoms with Crippen molar-refractivity contribution in [1.29, 1.82) is 0 Å². The van der Waals surface area contributed by atoms with E-state index < -0.39 is 0 Å². The van der Waals surface area contributed by atoms with Gasteiger partial charge in [0.1, 0.15) is 0 Å². The van der Waals surface area contributed by atoms with Gasteiger partial charge in [0.15, 0.2) is 0 Å². The largest absolute Gasteiger partial charge is 0.393 e. The fourth-order valence-electron chi connectivity index (χ4n) is 2.40. The van der Waals surface area contributed by atoms with Gasteiger partial charge in [-0.3, -0.25) is 4.90 Å². The highest BCUT2D eigenvalue weighted by Gasteiger charge is 2.30. The van der Waals surface area contributed by atoms with Crippen LogP contribution in [0.3, 0.4) is 0 Å². The molecule has 15 heavy (non-hydrogen) atoms. The summed E-state index contributed by atoms with van der Waals surface area (Å²) in [7, 11) is 0. The summed E-state index contributed by atoms with van der Waals surface area (Å²) in [5, 5.41) is 9.18. The van der Waals surface area contributed by atoms with Gasteiger partial charge >= 0.3 is 0 Å². The van der Waals surface area contributed by atoms with Crippen LogP contribution < -0.4 is 0 Å². The second-order valence-electron chi connectivity index (χ2n) is 5.10. The molecule has 0 amide bonds. The van der Waals surface area contributed by atoms with Crippen molar-refractivity contribution in [3.8, 4) is 0 Å². The van der Waals surface area contributed by atoms with E-state index in [4.69, 9.17) is 0 Å². The Balaban J connectivity index is 1.56. The molecular formula is C12H24N2O. The van der Waals surface area contributed by atoms with Crippen molar-refractivity contribution >= 4 is 0 Å². The molecule has 1 saturated carbocycles. The highest BCUT2D eigenvalue weighted by atomic mass is 16.3. The quantitative estimate of drug-likeness (QED) is 0.734. The molecule has 1 atom stereocenters. The van der Waals surface area contributed by atoms with Gasteiger partial charge in [0.25, 0.3) is 0 Å². The first kappa shape index (κ1) is 11.4. The van der Waals surface area contributed by atoms with Gasteiger partial charge in [-0.2, -0.15) is 0 Å². The van der Waals surface area contributed by atoms with Crippen molar-refractivity contribution < 1.29 is 5.11 Å². The number of piperazine rings is 1. The molecule has 1 aliphatic carbocycles.